The molecule has 3 heteroatoms. The zero-order valence-electron chi connectivity index (χ0n) is 13.1. The molecule has 110 valence electrons. The number of likely N-dealkylation sites (N-methyl/N-ethyl adjacent to an activating group) is 1. The van der Waals surface area contributed by atoms with Gasteiger partial charge in [-0.3, -0.25) is 0 Å². The Balaban J connectivity index is 2.59. The standard InChI is InChI=1S/C17H27N3/c1-13(2)6-5-7-14(3)10-11-20(4)17-12-15(18)8-9-16(17)19/h6,8-10,12H,5,7,11,18-19H2,1-4H3/b14-10+. The number of hydrogen-bond acceptors (Lipinski definition) is 3. The van der Waals surface area contributed by atoms with Crippen LogP contribution < -0.4 is 16.4 Å². The van der Waals surface area contributed by atoms with Gasteiger partial charge in [0.2, 0.25) is 0 Å². The largest absolute Gasteiger partial charge is 0.399 e. The topological polar surface area (TPSA) is 55.3 Å². The van der Waals surface area contributed by atoms with E-state index in [1.165, 1.54) is 11.1 Å². The van der Waals surface area contributed by atoms with Crippen molar-refractivity contribution in [1.29, 1.82) is 0 Å². The third-order valence-electron chi connectivity index (χ3n) is 3.27. The molecular formula is C17H27N3. The summed E-state index contributed by atoms with van der Waals surface area (Å²) in [4.78, 5) is 2.12. The summed E-state index contributed by atoms with van der Waals surface area (Å²) in [6.07, 6.45) is 6.73. The maximum Gasteiger partial charge on any atom is 0.0620 e. The molecule has 1 aromatic carbocycles. The highest BCUT2D eigenvalue weighted by Gasteiger charge is 2.04. The van der Waals surface area contributed by atoms with E-state index in [0.717, 1.165) is 36.4 Å². The van der Waals surface area contributed by atoms with Gasteiger partial charge in [0.15, 0.2) is 0 Å². The van der Waals surface area contributed by atoms with Crippen LogP contribution in [0, 0.1) is 0 Å². The second-order valence-electron chi connectivity index (χ2n) is 5.57. The van der Waals surface area contributed by atoms with Crippen LogP contribution >= 0.6 is 0 Å². The highest BCUT2D eigenvalue weighted by atomic mass is 15.1. The molecule has 3 nitrogen and oxygen atoms in total. The number of rotatable bonds is 6. The Labute approximate surface area is 123 Å². The highest BCUT2D eigenvalue weighted by molar-refractivity contribution is 5.72. The lowest BCUT2D eigenvalue weighted by atomic mass is 10.1. The number of benzene rings is 1. The Morgan fingerprint density at radius 2 is 1.85 bits per heavy atom. The van der Waals surface area contributed by atoms with Gasteiger partial charge in [-0.2, -0.15) is 0 Å². The van der Waals surface area contributed by atoms with Gasteiger partial charge in [-0.25, -0.2) is 0 Å². The van der Waals surface area contributed by atoms with Crippen LogP contribution in [0.3, 0.4) is 0 Å². The predicted octanol–water partition coefficient (Wildman–Crippen LogP) is 3.98. The van der Waals surface area contributed by atoms with Crippen molar-refractivity contribution >= 4 is 17.1 Å². The monoisotopic (exact) mass is 273 g/mol. The lowest BCUT2D eigenvalue weighted by Crippen LogP contribution is -2.18. The van der Waals surface area contributed by atoms with E-state index in [-0.39, 0.29) is 0 Å². The lowest BCUT2D eigenvalue weighted by molar-refractivity contribution is 0.941. The first-order chi connectivity index (χ1) is 9.40. The van der Waals surface area contributed by atoms with Crippen LogP contribution in [0.5, 0.6) is 0 Å². The van der Waals surface area contributed by atoms with Gasteiger partial charge >= 0.3 is 0 Å². The summed E-state index contributed by atoms with van der Waals surface area (Å²) in [6, 6.07) is 5.60. The first-order valence-electron chi connectivity index (χ1n) is 7.05. The molecule has 0 aliphatic carbocycles. The Bertz CT molecular complexity index is 497. The fourth-order valence-electron chi connectivity index (χ4n) is 1.97. The summed E-state index contributed by atoms with van der Waals surface area (Å²) in [7, 11) is 2.03. The number of anilines is 3. The number of nitrogens with two attached hydrogens (primary N) is 2. The summed E-state index contributed by atoms with van der Waals surface area (Å²) in [5.74, 6) is 0. The first-order valence-corrected chi connectivity index (χ1v) is 7.05. The van der Waals surface area contributed by atoms with Crippen LogP contribution in [0.15, 0.2) is 41.5 Å². The van der Waals surface area contributed by atoms with Crippen LogP contribution in [0.4, 0.5) is 17.1 Å². The minimum atomic E-state index is 0.741. The molecule has 4 N–H and O–H groups in total. The Morgan fingerprint density at radius 1 is 1.15 bits per heavy atom. The van der Waals surface area contributed by atoms with E-state index < -0.39 is 0 Å². The zero-order chi connectivity index (χ0) is 15.1. The number of nitrogen functional groups attached to an aromatic ring is 2. The first kappa shape index (κ1) is 16.2. The van der Waals surface area contributed by atoms with Gasteiger partial charge in [0.25, 0.3) is 0 Å². The van der Waals surface area contributed by atoms with Crippen LogP contribution in [-0.4, -0.2) is 13.6 Å². The molecular weight excluding hydrogens is 246 g/mol. The summed E-state index contributed by atoms with van der Waals surface area (Å²) in [5, 5.41) is 0. The van der Waals surface area contributed by atoms with Gasteiger partial charge in [-0.15, -0.1) is 0 Å². The quantitative estimate of drug-likeness (QED) is 0.609. The molecule has 0 atom stereocenters. The SMILES string of the molecule is CC(C)=CCC/C(C)=C/CN(C)c1cc(N)ccc1N. The predicted molar refractivity (Wildman–Crippen MR) is 91.0 cm³/mol. The third kappa shape index (κ3) is 5.39. The number of allylic oxidation sites excluding steroid dienone is 3. The molecule has 0 aliphatic rings. The summed E-state index contributed by atoms with van der Waals surface area (Å²) < 4.78 is 0. The van der Waals surface area contributed by atoms with Crippen molar-refractivity contribution in [2.75, 3.05) is 30.0 Å². The van der Waals surface area contributed by atoms with Crippen LogP contribution in [0.2, 0.25) is 0 Å². The van der Waals surface area contributed by atoms with E-state index >= 15 is 0 Å². The molecule has 0 unspecified atom stereocenters. The van der Waals surface area contributed by atoms with Crippen molar-refractivity contribution in [2.24, 2.45) is 0 Å². The molecule has 0 amide bonds. The van der Waals surface area contributed by atoms with Gasteiger partial charge < -0.3 is 16.4 Å². The molecule has 0 saturated heterocycles. The van der Waals surface area contributed by atoms with Gasteiger partial charge in [-0.1, -0.05) is 23.3 Å². The fourth-order valence-corrected chi connectivity index (χ4v) is 1.97. The normalized spacial score (nSPS) is 11.3. The van der Waals surface area contributed by atoms with E-state index in [1.54, 1.807) is 0 Å². The van der Waals surface area contributed by atoms with Crippen molar-refractivity contribution in [3.8, 4) is 0 Å². The van der Waals surface area contributed by atoms with E-state index in [4.69, 9.17) is 11.5 Å². The maximum absolute atomic E-state index is 5.98. The second-order valence-corrected chi connectivity index (χ2v) is 5.57. The third-order valence-corrected chi connectivity index (χ3v) is 3.27. The Morgan fingerprint density at radius 3 is 2.50 bits per heavy atom. The van der Waals surface area contributed by atoms with Crippen LogP contribution in [0.25, 0.3) is 0 Å². The molecule has 0 spiro atoms. The second kappa shape index (κ2) is 7.63. The van der Waals surface area contributed by atoms with Gasteiger partial charge in [-0.05, 0) is 51.8 Å². The molecule has 0 aliphatic heterocycles. The summed E-state index contributed by atoms with van der Waals surface area (Å²) >= 11 is 0. The molecule has 0 heterocycles. The Kier molecular flexibility index (Phi) is 6.16. The molecule has 0 aromatic heterocycles. The minimum Gasteiger partial charge on any atom is -0.399 e. The average molecular weight is 273 g/mol. The van der Waals surface area contributed by atoms with Gasteiger partial charge in [0.05, 0.1) is 11.4 Å². The fraction of sp³-hybridized carbons (Fsp3) is 0.412. The van der Waals surface area contributed by atoms with Crippen molar-refractivity contribution < 1.29 is 0 Å². The molecule has 0 bridgehead atoms. The molecule has 1 rings (SSSR count). The highest BCUT2D eigenvalue weighted by Crippen LogP contribution is 2.24. The van der Waals surface area contributed by atoms with Gasteiger partial charge in [0, 0.05) is 19.3 Å². The van der Waals surface area contributed by atoms with Crippen LogP contribution in [0.1, 0.15) is 33.6 Å². The van der Waals surface area contributed by atoms with Crippen molar-refractivity contribution in [1.82, 2.24) is 0 Å². The van der Waals surface area contributed by atoms with Gasteiger partial charge in [0.1, 0.15) is 0 Å². The van der Waals surface area contributed by atoms with E-state index in [1.807, 2.05) is 25.2 Å². The summed E-state index contributed by atoms with van der Waals surface area (Å²) in [5.41, 5.74) is 17.1. The number of hydrogen-bond donors (Lipinski definition) is 2. The maximum atomic E-state index is 5.98. The molecule has 1 aromatic rings. The van der Waals surface area contributed by atoms with Crippen molar-refractivity contribution in [2.45, 2.75) is 33.6 Å². The average Bonchev–Trinajstić information content (AvgIpc) is 2.38. The van der Waals surface area contributed by atoms with E-state index in [0.29, 0.717) is 0 Å². The van der Waals surface area contributed by atoms with E-state index in [2.05, 4.69) is 37.8 Å². The Hall–Kier alpha value is -1.90. The van der Waals surface area contributed by atoms with Crippen LogP contribution in [-0.2, 0) is 0 Å². The smallest absolute Gasteiger partial charge is 0.0620 e. The summed E-state index contributed by atoms with van der Waals surface area (Å²) in [6.45, 7) is 7.29. The lowest BCUT2D eigenvalue weighted by Gasteiger charge is -2.20. The molecule has 0 radical (unpaired) electrons. The number of nitrogens with zero attached hydrogens (tertiary/aromatic N) is 1. The minimum absolute atomic E-state index is 0.741. The molecule has 0 saturated carbocycles. The van der Waals surface area contributed by atoms with Crippen molar-refractivity contribution in [3.63, 3.8) is 0 Å². The zero-order valence-corrected chi connectivity index (χ0v) is 13.1. The molecule has 0 fully saturated rings. The van der Waals surface area contributed by atoms with Crippen molar-refractivity contribution in [3.05, 3.63) is 41.5 Å². The van der Waals surface area contributed by atoms with E-state index in [9.17, 15) is 0 Å². The molecule has 20 heavy (non-hydrogen) atoms.